The third-order valence-corrected chi connectivity index (χ3v) is 4.46. The van der Waals surface area contributed by atoms with Crippen LogP contribution >= 0.6 is 0 Å². The van der Waals surface area contributed by atoms with Gasteiger partial charge in [-0.2, -0.15) is 0 Å². The Labute approximate surface area is 76.7 Å². The fraction of sp³-hybridized carbons (Fsp3) is 0.375. The molecule has 2 atom stereocenters. The van der Waals surface area contributed by atoms with Crippen molar-refractivity contribution < 1.29 is 8.42 Å². The molecule has 1 fully saturated rings. The average Bonchev–Trinajstić information content (AvgIpc) is 2.04. The first kappa shape index (κ1) is 8.65. The summed E-state index contributed by atoms with van der Waals surface area (Å²) in [7, 11) is -2.99. The van der Waals surface area contributed by atoms with Crippen LogP contribution in [0.15, 0.2) is 24.5 Å². The summed E-state index contributed by atoms with van der Waals surface area (Å²) < 4.78 is 22.6. The van der Waals surface area contributed by atoms with Gasteiger partial charge in [-0.25, -0.2) is 8.42 Å². The van der Waals surface area contributed by atoms with E-state index in [0.717, 1.165) is 0 Å². The molecule has 1 saturated heterocycles. The minimum Gasteiger partial charge on any atom is -0.325 e. The van der Waals surface area contributed by atoms with E-state index in [2.05, 4.69) is 4.98 Å². The standard InChI is InChI=1S/C8H10N2O2S/c9-7-5-13(11,12)8(7)6-2-1-3-10-4-6/h1-4,7-8H,5,9H2. The van der Waals surface area contributed by atoms with Crippen molar-refractivity contribution in [3.8, 4) is 0 Å². The zero-order valence-electron chi connectivity index (χ0n) is 6.92. The molecular weight excluding hydrogens is 188 g/mol. The van der Waals surface area contributed by atoms with E-state index in [1.807, 2.05) is 0 Å². The van der Waals surface area contributed by atoms with Gasteiger partial charge in [0.05, 0.1) is 5.75 Å². The number of hydrogen-bond acceptors (Lipinski definition) is 4. The van der Waals surface area contributed by atoms with Crippen LogP contribution in [0.3, 0.4) is 0 Å². The van der Waals surface area contributed by atoms with Crippen molar-refractivity contribution in [1.82, 2.24) is 4.98 Å². The molecule has 2 N–H and O–H groups in total. The molecule has 1 aliphatic heterocycles. The van der Waals surface area contributed by atoms with E-state index >= 15 is 0 Å². The van der Waals surface area contributed by atoms with Crippen LogP contribution in [0.4, 0.5) is 0 Å². The van der Waals surface area contributed by atoms with Crippen LogP contribution < -0.4 is 5.73 Å². The summed E-state index contributed by atoms with van der Waals surface area (Å²) in [4.78, 5) is 3.87. The molecule has 2 unspecified atom stereocenters. The third-order valence-electron chi connectivity index (χ3n) is 2.21. The summed E-state index contributed by atoms with van der Waals surface area (Å²) in [5.41, 5.74) is 6.32. The van der Waals surface area contributed by atoms with Gasteiger partial charge in [-0.1, -0.05) is 6.07 Å². The molecular formula is C8H10N2O2S. The van der Waals surface area contributed by atoms with E-state index in [0.29, 0.717) is 5.56 Å². The molecule has 0 aliphatic carbocycles. The Morgan fingerprint density at radius 3 is 2.77 bits per heavy atom. The summed E-state index contributed by atoms with van der Waals surface area (Å²) in [6.07, 6.45) is 3.17. The zero-order valence-corrected chi connectivity index (χ0v) is 7.74. The number of pyridine rings is 1. The average molecular weight is 198 g/mol. The molecule has 1 aromatic rings. The Hall–Kier alpha value is -0.940. The second kappa shape index (κ2) is 2.78. The summed E-state index contributed by atoms with van der Waals surface area (Å²) in [6.45, 7) is 0. The number of nitrogens with two attached hydrogens (primary N) is 1. The second-order valence-corrected chi connectivity index (χ2v) is 5.37. The van der Waals surface area contributed by atoms with Crippen molar-refractivity contribution in [2.75, 3.05) is 5.75 Å². The zero-order chi connectivity index (χ0) is 9.47. The van der Waals surface area contributed by atoms with Crippen molar-refractivity contribution >= 4 is 9.84 Å². The molecule has 5 heteroatoms. The lowest BCUT2D eigenvalue weighted by Crippen LogP contribution is -2.50. The molecule has 1 aromatic heterocycles. The van der Waals surface area contributed by atoms with Gasteiger partial charge in [0, 0.05) is 18.4 Å². The van der Waals surface area contributed by atoms with Crippen LogP contribution in [-0.2, 0) is 9.84 Å². The smallest absolute Gasteiger partial charge is 0.160 e. The lowest BCUT2D eigenvalue weighted by atomic mass is 10.1. The van der Waals surface area contributed by atoms with Gasteiger partial charge in [0.1, 0.15) is 5.25 Å². The summed E-state index contributed by atoms with van der Waals surface area (Å²) >= 11 is 0. The van der Waals surface area contributed by atoms with Crippen molar-refractivity contribution in [2.45, 2.75) is 11.3 Å². The molecule has 0 spiro atoms. The maximum absolute atomic E-state index is 11.3. The second-order valence-electron chi connectivity index (χ2n) is 3.20. The molecule has 2 rings (SSSR count). The number of nitrogens with zero attached hydrogens (tertiary/aromatic N) is 1. The maximum atomic E-state index is 11.3. The normalized spacial score (nSPS) is 30.8. The molecule has 0 amide bonds. The number of sulfone groups is 1. The van der Waals surface area contributed by atoms with E-state index < -0.39 is 15.1 Å². The van der Waals surface area contributed by atoms with Crippen LogP contribution in [0.1, 0.15) is 10.8 Å². The Balaban J connectivity index is 2.38. The topological polar surface area (TPSA) is 73.1 Å². The first-order valence-electron chi connectivity index (χ1n) is 3.98. The van der Waals surface area contributed by atoms with Crippen LogP contribution in [0, 0.1) is 0 Å². The van der Waals surface area contributed by atoms with Gasteiger partial charge in [-0.05, 0) is 11.6 Å². The highest BCUT2D eigenvalue weighted by Gasteiger charge is 2.44. The minimum absolute atomic E-state index is 0.0898. The molecule has 13 heavy (non-hydrogen) atoms. The SMILES string of the molecule is NC1CS(=O)(=O)C1c1cccnc1. The fourth-order valence-corrected chi connectivity index (χ4v) is 3.36. The Morgan fingerprint density at radius 1 is 1.54 bits per heavy atom. The monoisotopic (exact) mass is 198 g/mol. The van der Waals surface area contributed by atoms with Gasteiger partial charge in [0.15, 0.2) is 9.84 Å². The molecule has 0 radical (unpaired) electrons. The van der Waals surface area contributed by atoms with Gasteiger partial charge in [-0.15, -0.1) is 0 Å². The van der Waals surface area contributed by atoms with E-state index in [4.69, 9.17) is 5.73 Å². The number of aromatic nitrogens is 1. The van der Waals surface area contributed by atoms with E-state index in [1.54, 1.807) is 24.5 Å². The highest BCUT2D eigenvalue weighted by atomic mass is 32.2. The quantitative estimate of drug-likeness (QED) is 0.682. The van der Waals surface area contributed by atoms with E-state index in [1.165, 1.54) is 0 Å². The van der Waals surface area contributed by atoms with Gasteiger partial charge < -0.3 is 5.73 Å². The predicted octanol–water partition coefficient (Wildman–Crippen LogP) is -0.122. The molecule has 4 nitrogen and oxygen atoms in total. The van der Waals surface area contributed by atoms with Crippen LogP contribution in [-0.4, -0.2) is 25.2 Å². The van der Waals surface area contributed by atoms with Crippen molar-refractivity contribution in [2.24, 2.45) is 5.73 Å². The van der Waals surface area contributed by atoms with Crippen LogP contribution in [0.5, 0.6) is 0 Å². The first-order chi connectivity index (χ1) is 6.11. The Bertz CT molecular complexity index is 401. The molecule has 70 valence electrons. The predicted molar refractivity (Wildman–Crippen MR) is 48.7 cm³/mol. The van der Waals surface area contributed by atoms with E-state index in [9.17, 15) is 8.42 Å². The van der Waals surface area contributed by atoms with Gasteiger partial charge >= 0.3 is 0 Å². The summed E-state index contributed by atoms with van der Waals surface area (Å²) in [5, 5.41) is -0.541. The lowest BCUT2D eigenvalue weighted by Gasteiger charge is -2.33. The fourth-order valence-electron chi connectivity index (χ4n) is 1.60. The number of hydrogen-bond donors (Lipinski definition) is 1. The number of rotatable bonds is 1. The molecule has 0 saturated carbocycles. The largest absolute Gasteiger partial charge is 0.325 e. The van der Waals surface area contributed by atoms with Crippen LogP contribution in [0.25, 0.3) is 0 Å². The molecule has 0 bridgehead atoms. The van der Waals surface area contributed by atoms with E-state index in [-0.39, 0.29) is 11.8 Å². The van der Waals surface area contributed by atoms with Gasteiger partial charge in [-0.3, -0.25) is 4.98 Å². The lowest BCUT2D eigenvalue weighted by molar-refractivity contribution is 0.522. The highest BCUT2D eigenvalue weighted by Crippen LogP contribution is 2.34. The maximum Gasteiger partial charge on any atom is 0.160 e. The molecule has 1 aliphatic rings. The first-order valence-corrected chi connectivity index (χ1v) is 5.70. The van der Waals surface area contributed by atoms with Crippen molar-refractivity contribution in [3.63, 3.8) is 0 Å². The Morgan fingerprint density at radius 2 is 2.31 bits per heavy atom. The minimum atomic E-state index is -2.99. The van der Waals surface area contributed by atoms with Crippen LogP contribution in [0.2, 0.25) is 0 Å². The molecule has 2 heterocycles. The molecule has 0 aromatic carbocycles. The van der Waals surface area contributed by atoms with Crippen molar-refractivity contribution in [1.29, 1.82) is 0 Å². The highest BCUT2D eigenvalue weighted by molar-refractivity contribution is 7.93. The van der Waals surface area contributed by atoms with Crippen molar-refractivity contribution in [3.05, 3.63) is 30.1 Å². The summed E-state index contributed by atoms with van der Waals surface area (Å²) in [5.74, 6) is 0.0898. The van der Waals surface area contributed by atoms with Gasteiger partial charge in [0.25, 0.3) is 0 Å². The van der Waals surface area contributed by atoms with Gasteiger partial charge in [0.2, 0.25) is 0 Å². The third kappa shape index (κ3) is 1.34. The Kier molecular flexibility index (Phi) is 1.85. The summed E-state index contributed by atoms with van der Waals surface area (Å²) in [6, 6.07) is 3.19.